The van der Waals surface area contributed by atoms with Gasteiger partial charge in [0, 0.05) is 25.0 Å². The van der Waals surface area contributed by atoms with Crippen molar-refractivity contribution in [3.8, 4) is 0 Å². The summed E-state index contributed by atoms with van der Waals surface area (Å²) in [5, 5.41) is 3.21. The molecule has 2 rings (SSSR count). The van der Waals surface area contributed by atoms with Gasteiger partial charge in [0.1, 0.15) is 5.82 Å². The van der Waals surface area contributed by atoms with Gasteiger partial charge in [0.25, 0.3) is 0 Å². The minimum absolute atomic E-state index is 0.173. The summed E-state index contributed by atoms with van der Waals surface area (Å²) < 4.78 is 15.2. The van der Waals surface area contributed by atoms with Crippen molar-refractivity contribution in [2.45, 2.75) is 26.4 Å². The molecular formula is C15H19FN2. The highest BCUT2D eigenvalue weighted by molar-refractivity contribution is 5.27. The second-order valence-electron chi connectivity index (χ2n) is 4.70. The third-order valence-corrected chi connectivity index (χ3v) is 3.36. The van der Waals surface area contributed by atoms with Crippen molar-refractivity contribution in [1.82, 2.24) is 9.88 Å². The quantitative estimate of drug-likeness (QED) is 0.876. The fraction of sp³-hybridized carbons (Fsp3) is 0.333. The van der Waals surface area contributed by atoms with Crippen LogP contribution >= 0.6 is 0 Å². The van der Waals surface area contributed by atoms with Gasteiger partial charge in [-0.05, 0) is 55.8 Å². The summed E-state index contributed by atoms with van der Waals surface area (Å²) in [5.74, 6) is -0.173. The maximum absolute atomic E-state index is 13.0. The van der Waals surface area contributed by atoms with E-state index in [4.69, 9.17) is 0 Å². The molecule has 1 N–H and O–H groups in total. The van der Waals surface area contributed by atoms with Gasteiger partial charge in [-0.15, -0.1) is 0 Å². The van der Waals surface area contributed by atoms with Gasteiger partial charge in [0.15, 0.2) is 0 Å². The van der Waals surface area contributed by atoms with E-state index in [2.05, 4.69) is 35.3 Å². The highest BCUT2D eigenvalue weighted by atomic mass is 19.1. The number of hydrogen-bond acceptors (Lipinski definition) is 1. The van der Waals surface area contributed by atoms with Gasteiger partial charge in [0.2, 0.25) is 0 Å². The summed E-state index contributed by atoms with van der Waals surface area (Å²) >= 11 is 0. The molecule has 0 aliphatic carbocycles. The molecular weight excluding hydrogens is 227 g/mol. The first-order chi connectivity index (χ1) is 8.60. The van der Waals surface area contributed by atoms with Crippen molar-refractivity contribution in [3.05, 3.63) is 59.2 Å². The van der Waals surface area contributed by atoms with Gasteiger partial charge in [-0.2, -0.15) is 0 Å². The molecule has 0 spiro atoms. The monoisotopic (exact) mass is 246 g/mol. The molecule has 3 heteroatoms. The van der Waals surface area contributed by atoms with Crippen LogP contribution in [0.2, 0.25) is 0 Å². The van der Waals surface area contributed by atoms with E-state index in [9.17, 15) is 4.39 Å². The Morgan fingerprint density at radius 3 is 2.78 bits per heavy atom. The number of rotatable bonds is 4. The fourth-order valence-corrected chi connectivity index (χ4v) is 2.01. The minimum atomic E-state index is -0.173. The number of benzene rings is 1. The molecule has 1 heterocycles. The van der Waals surface area contributed by atoms with Crippen LogP contribution < -0.4 is 5.32 Å². The first kappa shape index (κ1) is 12.8. The normalized spacial score (nSPS) is 12.7. The summed E-state index contributed by atoms with van der Waals surface area (Å²) in [6.07, 6.45) is 4.19. The first-order valence-electron chi connectivity index (χ1n) is 6.18. The van der Waals surface area contributed by atoms with Gasteiger partial charge in [0.05, 0.1) is 0 Å². The molecule has 1 unspecified atom stereocenters. The topological polar surface area (TPSA) is 17.0 Å². The summed E-state index contributed by atoms with van der Waals surface area (Å²) in [6.45, 7) is 4.85. The molecule has 0 saturated heterocycles. The Hall–Kier alpha value is -1.61. The zero-order chi connectivity index (χ0) is 13.1. The van der Waals surface area contributed by atoms with Crippen molar-refractivity contribution in [2.24, 2.45) is 0 Å². The van der Waals surface area contributed by atoms with Crippen LogP contribution in [0, 0.1) is 12.7 Å². The molecule has 0 aliphatic rings. The van der Waals surface area contributed by atoms with Crippen LogP contribution in [0.25, 0.3) is 0 Å². The van der Waals surface area contributed by atoms with Crippen LogP contribution in [0.15, 0.2) is 36.7 Å². The maximum atomic E-state index is 13.0. The number of halogens is 1. The zero-order valence-corrected chi connectivity index (χ0v) is 11.1. The lowest BCUT2D eigenvalue weighted by Gasteiger charge is -2.09. The molecule has 0 bridgehead atoms. The Morgan fingerprint density at radius 1 is 1.33 bits per heavy atom. The van der Waals surface area contributed by atoms with E-state index in [1.165, 1.54) is 11.6 Å². The lowest BCUT2D eigenvalue weighted by atomic mass is 10.1. The standard InChI is InChI=1S/C15H19FN2/c1-11-8-15(16)5-4-13(11)9-18-7-6-14(10-18)12(2)17-3/h4-8,10,12,17H,9H2,1-3H3. The average molecular weight is 246 g/mol. The number of nitrogens with one attached hydrogen (secondary N) is 1. The van der Waals surface area contributed by atoms with E-state index in [0.717, 1.165) is 17.7 Å². The molecule has 0 saturated carbocycles. The van der Waals surface area contributed by atoms with Gasteiger partial charge < -0.3 is 9.88 Å². The van der Waals surface area contributed by atoms with Gasteiger partial charge >= 0.3 is 0 Å². The molecule has 96 valence electrons. The fourth-order valence-electron chi connectivity index (χ4n) is 2.01. The van der Waals surface area contributed by atoms with E-state index >= 15 is 0 Å². The maximum Gasteiger partial charge on any atom is 0.123 e. The second-order valence-corrected chi connectivity index (χ2v) is 4.70. The zero-order valence-electron chi connectivity index (χ0n) is 11.1. The summed E-state index contributed by atoms with van der Waals surface area (Å²) in [6, 6.07) is 7.41. The Kier molecular flexibility index (Phi) is 3.82. The molecule has 1 aromatic heterocycles. The molecule has 0 amide bonds. The summed E-state index contributed by atoms with van der Waals surface area (Å²) in [5.41, 5.74) is 3.40. The van der Waals surface area contributed by atoms with Gasteiger partial charge in [-0.25, -0.2) is 4.39 Å². The van der Waals surface area contributed by atoms with Crippen molar-refractivity contribution >= 4 is 0 Å². The molecule has 18 heavy (non-hydrogen) atoms. The number of aromatic nitrogens is 1. The van der Waals surface area contributed by atoms with Crippen molar-refractivity contribution in [2.75, 3.05) is 7.05 Å². The molecule has 1 aromatic carbocycles. The Labute approximate surface area is 107 Å². The van der Waals surface area contributed by atoms with Crippen LogP contribution in [0.4, 0.5) is 4.39 Å². The van der Waals surface area contributed by atoms with E-state index in [0.29, 0.717) is 6.04 Å². The average Bonchev–Trinajstić information content (AvgIpc) is 2.80. The Bertz CT molecular complexity index is 531. The molecule has 0 fully saturated rings. The predicted octanol–water partition coefficient (Wildman–Crippen LogP) is 3.26. The number of hydrogen-bond donors (Lipinski definition) is 1. The lowest BCUT2D eigenvalue weighted by molar-refractivity contribution is 0.624. The second kappa shape index (κ2) is 5.36. The van der Waals surface area contributed by atoms with Crippen LogP contribution in [0.3, 0.4) is 0 Å². The van der Waals surface area contributed by atoms with Crippen molar-refractivity contribution in [3.63, 3.8) is 0 Å². The van der Waals surface area contributed by atoms with E-state index in [1.54, 1.807) is 6.07 Å². The van der Waals surface area contributed by atoms with E-state index in [1.807, 2.05) is 20.0 Å². The van der Waals surface area contributed by atoms with Crippen molar-refractivity contribution < 1.29 is 4.39 Å². The Morgan fingerprint density at radius 2 is 2.11 bits per heavy atom. The first-order valence-corrected chi connectivity index (χ1v) is 6.18. The molecule has 2 nitrogen and oxygen atoms in total. The largest absolute Gasteiger partial charge is 0.350 e. The number of nitrogens with zero attached hydrogens (tertiary/aromatic N) is 1. The highest BCUT2D eigenvalue weighted by Crippen LogP contribution is 2.15. The number of aryl methyl sites for hydroxylation is 1. The van der Waals surface area contributed by atoms with Gasteiger partial charge in [-0.1, -0.05) is 6.07 Å². The predicted molar refractivity (Wildman–Crippen MR) is 72.1 cm³/mol. The molecule has 1 atom stereocenters. The highest BCUT2D eigenvalue weighted by Gasteiger charge is 2.05. The summed E-state index contributed by atoms with van der Waals surface area (Å²) in [7, 11) is 1.95. The minimum Gasteiger partial charge on any atom is -0.350 e. The molecule has 2 aromatic rings. The molecule has 0 aliphatic heterocycles. The Balaban J connectivity index is 2.16. The third kappa shape index (κ3) is 2.79. The molecule has 0 radical (unpaired) electrons. The van der Waals surface area contributed by atoms with Crippen LogP contribution in [-0.2, 0) is 6.54 Å². The lowest BCUT2D eigenvalue weighted by Crippen LogP contribution is -2.11. The van der Waals surface area contributed by atoms with Crippen LogP contribution in [0.5, 0.6) is 0 Å². The third-order valence-electron chi connectivity index (χ3n) is 3.36. The SMILES string of the molecule is CNC(C)c1ccn(Cc2ccc(F)cc2C)c1. The summed E-state index contributed by atoms with van der Waals surface area (Å²) in [4.78, 5) is 0. The van der Waals surface area contributed by atoms with Crippen LogP contribution in [0.1, 0.15) is 29.7 Å². The smallest absolute Gasteiger partial charge is 0.123 e. The van der Waals surface area contributed by atoms with Gasteiger partial charge in [-0.3, -0.25) is 0 Å². The van der Waals surface area contributed by atoms with E-state index < -0.39 is 0 Å². The van der Waals surface area contributed by atoms with E-state index in [-0.39, 0.29) is 5.82 Å². The van der Waals surface area contributed by atoms with Crippen molar-refractivity contribution in [1.29, 1.82) is 0 Å². The van der Waals surface area contributed by atoms with Crippen LogP contribution in [-0.4, -0.2) is 11.6 Å².